The molecule has 1 aliphatic heterocycles. The molecule has 0 aromatic heterocycles. The second kappa shape index (κ2) is 5.28. The molecule has 21 heavy (non-hydrogen) atoms. The van der Waals surface area contributed by atoms with E-state index in [0.29, 0.717) is 12.1 Å². The van der Waals surface area contributed by atoms with E-state index in [1.54, 1.807) is 0 Å². The van der Waals surface area contributed by atoms with E-state index in [1.807, 2.05) is 0 Å². The van der Waals surface area contributed by atoms with Crippen molar-refractivity contribution in [3.8, 4) is 11.1 Å². The minimum atomic E-state index is 0.265. The van der Waals surface area contributed by atoms with Crippen LogP contribution in [-0.2, 0) is 0 Å². The molecule has 1 aliphatic carbocycles. The molecular weight excluding hydrogens is 258 g/mol. The summed E-state index contributed by atoms with van der Waals surface area (Å²) >= 11 is 0. The van der Waals surface area contributed by atoms with Crippen LogP contribution in [0.25, 0.3) is 11.1 Å². The van der Waals surface area contributed by atoms with Crippen molar-refractivity contribution in [3.63, 3.8) is 0 Å². The predicted octanol–water partition coefficient (Wildman–Crippen LogP) is 3.60. The summed E-state index contributed by atoms with van der Waals surface area (Å²) in [6.45, 7) is 1.35. The molecule has 1 unspecified atom stereocenters. The molecule has 1 heterocycles. The first kappa shape index (κ1) is 13.1. The second-order valence-corrected chi connectivity index (χ2v) is 6.15. The van der Waals surface area contributed by atoms with Gasteiger partial charge in [-0.2, -0.15) is 0 Å². The summed E-state index contributed by atoms with van der Waals surface area (Å²) in [5, 5.41) is 9.78. The second-order valence-electron chi connectivity index (χ2n) is 6.15. The zero-order valence-corrected chi connectivity index (χ0v) is 12.2. The van der Waals surface area contributed by atoms with Gasteiger partial charge in [-0.05, 0) is 41.6 Å². The third kappa shape index (κ3) is 2.02. The van der Waals surface area contributed by atoms with Crippen LogP contribution in [0.2, 0.25) is 0 Å². The Kier molecular flexibility index (Phi) is 3.28. The molecule has 0 bridgehead atoms. The average molecular weight is 279 g/mol. The van der Waals surface area contributed by atoms with Gasteiger partial charge in [0.25, 0.3) is 0 Å². The minimum absolute atomic E-state index is 0.265. The Hall–Kier alpha value is -1.64. The highest BCUT2D eigenvalue weighted by molar-refractivity contribution is 5.78. The van der Waals surface area contributed by atoms with Gasteiger partial charge in [-0.25, -0.2) is 0 Å². The number of hydrogen-bond donors (Lipinski definition) is 1. The van der Waals surface area contributed by atoms with Gasteiger partial charge in [-0.3, -0.25) is 4.90 Å². The van der Waals surface area contributed by atoms with E-state index in [2.05, 4.69) is 53.4 Å². The van der Waals surface area contributed by atoms with E-state index in [9.17, 15) is 5.11 Å². The molecule has 108 valence electrons. The third-order valence-electron chi connectivity index (χ3n) is 5.02. The van der Waals surface area contributed by atoms with Crippen molar-refractivity contribution in [1.29, 1.82) is 0 Å². The number of hydrogen-bond acceptors (Lipinski definition) is 2. The van der Waals surface area contributed by atoms with Gasteiger partial charge in [0.05, 0.1) is 12.6 Å². The van der Waals surface area contributed by atoms with E-state index in [0.717, 1.165) is 13.0 Å². The van der Waals surface area contributed by atoms with Gasteiger partial charge in [0.1, 0.15) is 0 Å². The minimum Gasteiger partial charge on any atom is -0.395 e. The van der Waals surface area contributed by atoms with Crippen molar-refractivity contribution in [2.24, 2.45) is 0 Å². The topological polar surface area (TPSA) is 23.5 Å². The fourth-order valence-corrected chi connectivity index (χ4v) is 4.05. The Morgan fingerprint density at radius 3 is 2.14 bits per heavy atom. The largest absolute Gasteiger partial charge is 0.395 e. The summed E-state index contributed by atoms with van der Waals surface area (Å²) in [7, 11) is 0. The van der Waals surface area contributed by atoms with Crippen LogP contribution < -0.4 is 0 Å². The molecule has 0 spiro atoms. The highest BCUT2D eigenvalue weighted by Gasteiger charge is 2.36. The van der Waals surface area contributed by atoms with E-state index in [-0.39, 0.29) is 6.61 Å². The maximum atomic E-state index is 9.78. The lowest BCUT2D eigenvalue weighted by Crippen LogP contribution is -2.43. The lowest BCUT2D eigenvalue weighted by Gasteiger charge is -2.39. The van der Waals surface area contributed by atoms with E-state index in [4.69, 9.17) is 0 Å². The first-order chi connectivity index (χ1) is 10.4. The number of fused-ring (bicyclic) bond motifs is 3. The van der Waals surface area contributed by atoms with Crippen LogP contribution in [0.4, 0.5) is 0 Å². The van der Waals surface area contributed by atoms with E-state index in [1.165, 1.54) is 35.1 Å². The molecule has 2 aliphatic rings. The van der Waals surface area contributed by atoms with Crippen molar-refractivity contribution < 1.29 is 5.11 Å². The van der Waals surface area contributed by atoms with Gasteiger partial charge >= 0.3 is 0 Å². The van der Waals surface area contributed by atoms with Crippen molar-refractivity contribution in [3.05, 3.63) is 59.7 Å². The summed E-state index contributed by atoms with van der Waals surface area (Å²) in [4.78, 5) is 2.52. The lowest BCUT2D eigenvalue weighted by atomic mass is 9.95. The highest BCUT2D eigenvalue weighted by Crippen LogP contribution is 2.47. The van der Waals surface area contributed by atoms with Gasteiger partial charge in [-0.1, -0.05) is 55.0 Å². The number of piperidine rings is 1. The van der Waals surface area contributed by atoms with Gasteiger partial charge in [0, 0.05) is 6.04 Å². The number of nitrogens with zero attached hydrogens (tertiary/aromatic N) is 1. The summed E-state index contributed by atoms with van der Waals surface area (Å²) in [5.74, 6) is 0. The summed E-state index contributed by atoms with van der Waals surface area (Å²) in [6, 6.07) is 18.1. The third-order valence-corrected chi connectivity index (χ3v) is 5.02. The summed E-state index contributed by atoms with van der Waals surface area (Å²) < 4.78 is 0. The summed E-state index contributed by atoms with van der Waals surface area (Å²) in [6.07, 6.45) is 3.58. The Morgan fingerprint density at radius 1 is 0.905 bits per heavy atom. The van der Waals surface area contributed by atoms with Crippen LogP contribution in [0.5, 0.6) is 0 Å². The van der Waals surface area contributed by atoms with E-state index < -0.39 is 0 Å². The van der Waals surface area contributed by atoms with E-state index >= 15 is 0 Å². The average Bonchev–Trinajstić information content (AvgIpc) is 2.89. The molecular formula is C19H21NO. The maximum Gasteiger partial charge on any atom is 0.0617 e. The molecule has 1 atom stereocenters. The first-order valence-corrected chi connectivity index (χ1v) is 7.95. The molecule has 2 heteroatoms. The van der Waals surface area contributed by atoms with Gasteiger partial charge in [0.2, 0.25) is 0 Å². The van der Waals surface area contributed by atoms with Gasteiger partial charge in [0.15, 0.2) is 0 Å². The standard InChI is InChI=1S/C19H21NO/c21-13-14-7-5-6-12-20(14)19-17-10-3-1-8-15(17)16-9-2-4-11-18(16)19/h1-4,8-11,14,19,21H,5-7,12-13H2. The molecule has 2 aromatic carbocycles. The Labute approximate surface area is 126 Å². The molecule has 4 rings (SSSR count). The van der Waals surface area contributed by atoms with Crippen molar-refractivity contribution in [2.45, 2.75) is 31.3 Å². The molecule has 2 aromatic rings. The van der Waals surface area contributed by atoms with Gasteiger partial charge < -0.3 is 5.11 Å². The van der Waals surface area contributed by atoms with Gasteiger partial charge in [-0.15, -0.1) is 0 Å². The van der Waals surface area contributed by atoms with Crippen LogP contribution in [-0.4, -0.2) is 29.2 Å². The smallest absolute Gasteiger partial charge is 0.0617 e. The van der Waals surface area contributed by atoms with Crippen LogP contribution in [0, 0.1) is 0 Å². The Bertz CT molecular complexity index is 606. The van der Waals surface area contributed by atoms with Crippen molar-refractivity contribution in [1.82, 2.24) is 4.90 Å². The predicted molar refractivity (Wildman–Crippen MR) is 85.2 cm³/mol. The molecule has 1 saturated heterocycles. The number of likely N-dealkylation sites (tertiary alicyclic amines) is 1. The molecule has 1 N–H and O–H groups in total. The molecule has 2 nitrogen and oxygen atoms in total. The van der Waals surface area contributed by atoms with Crippen LogP contribution in [0.3, 0.4) is 0 Å². The Balaban J connectivity index is 1.84. The number of aliphatic hydroxyl groups is 1. The number of aliphatic hydroxyl groups excluding tert-OH is 1. The van der Waals surface area contributed by atoms with Crippen molar-refractivity contribution in [2.75, 3.05) is 13.2 Å². The molecule has 1 fully saturated rings. The molecule has 0 amide bonds. The van der Waals surface area contributed by atoms with Crippen LogP contribution in [0.1, 0.15) is 36.4 Å². The Morgan fingerprint density at radius 2 is 1.52 bits per heavy atom. The fourth-order valence-electron chi connectivity index (χ4n) is 4.05. The monoisotopic (exact) mass is 279 g/mol. The maximum absolute atomic E-state index is 9.78. The van der Waals surface area contributed by atoms with Crippen LogP contribution in [0.15, 0.2) is 48.5 Å². The number of rotatable bonds is 2. The summed E-state index contributed by atoms with van der Waals surface area (Å²) in [5.41, 5.74) is 5.53. The lowest BCUT2D eigenvalue weighted by molar-refractivity contribution is 0.0672. The van der Waals surface area contributed by atoms with Crippen molar-refractivity contribution >= 4 is 0 Å². The highest BCUT2D eigenvalue weighted by atomic mass is 16.3. The first-order valence-electron chi connectivity index (χ1n) is 7.95. The van der Waals surface area contributed by atoms with Crippen LogP contribution >= 0.6 is 0 Å². The molecule has 0 saturated carbocycles. The SMILES string of the molecule is OCC1CCCCN1C1c2ccccc2-c2ccccc21. The zero-order chi connectivity index (χ0) is 14.2. The normalized spacial score (nSPS) is 22.0. The fraction of sp³-hybridized carbons (Fsp3) is 0.368. The molecule has 0 radical (unpaired) electrons. The zero-order valence-electron chi connectivity index (χ0n) is 12.2. The quantitative estimate of drug-likeness (QED) is 0.908. The number of benzene rings is 2.